The highest BCUT2D eigenvalue weighted by Crippen LogP contribution is 2.34. The Balaban J connectivity index is 1.61. The van der Waals surface area contributed by atoms with E-state index in [1.165, 1.54) is 6.08 Å². The Labute approximate surface area is 239 Å². The minimum atomic E-state index is -0.785. The van der Waals surface area contributed by atoms with E-state index in [1.807, 2.05) is 26.0 Å². The lowest BCUT2D eigenvalue weighted by atomic mass is 10.1. The molecule has 1 heterocycles. The Kier molecular flexibility index (Phi) is 8.09. The van der Waals surface area contributed by atoms with Crippen LogP contribution >= 0.6 is 61.7 Å². The van der Waals surface area contributed by atoms with Crippen molar-refractivity contribution in [3.8, 4) is 5.75 Å². The van der Waals surface area contributed by atoms with Crippen LogP contribution < -0.4 is 15.0 Å². The van der Waals surface area contributed by atoms with Crippen LogP contribution in [0.3, 0.4) is 0 Å². The number of carbonyl (C=O) groups is 3. The number of aryl methyl sites for hydroxylation is 2. The summed E-state index contributed by atoms with van der Waals surface area (Å²) in [4.78, 5) is 39.2. The molecule has 0 radical (unpaired) electrons. The van der Waals surface area contributed by atoms with E-state index in [0.29, 0.717) is 31.5 Å². The molecule has 4 amide bonds. The number of anilines is 1. The summed E-state index contributed by atoms with van der Waals surface area (Å²) in [6.07, 6.45) is 1.45. The van der Waals surface area contributed by atoms with Crippen molar-refractivity contribution in [2.75, 3.05) is 4.90 Å². The molecular weight excluding hydrogens is 682 g/mol. The maximum atomic E-state index is 13.2. The number of amides is 4. The quantitative estimate of drug-likeness (QED) is 0.173. The normalized spacial score (nSPS) is 14.9. The van der Waals surface area contributed by atoms with Crippen LogP contribution in [0.4, 0.5) is 10.5 Å². The molecule has 1 saturated heterocycles. The Morgan fingerprint density at radius 2 is 1.75 bits per heavy atom. The second-order valence-electron chi connectivity index (χ2n) is 8.08. The zero-order valence-corrected chi connectivity index (χ0v) is 24.3. The van der Waals surface area contributed by atoms with Crippen LogP contribution in [0.25, 0.3) is 6.08 Å². The number of hydrogen-bond donors (Lipinski definition) is 1. The summed E-state index contributed by atoms with van der Waals surface area (Å²) in [5, 5.41) is 3.16. The van der Waals surface area contributed by atoms with Gasteiger partial charge in [-0.25, -0.2) is 9.69 Å². The van der Waals surface area contributed by atoms with Crippen LogP contribution in [0, 0.1) is 17.4 Å². The first kappa shape index (κ1) is 26.7. The maximum absolute atomic E-state index is 13.2. The van der Waals surface area contributed by atoms with Gasteiger partial charge in [0.05, 0.1) is 23.8 Å². The van der Waals surface area contributed by atoms with Crippen molar-refractivity contribution in [1.82, 2.24) is 5.32 Å². The van der Waals surface area contributed by atoms with E-state index >= 15 is 0 Å². The van der Waals surface area contributed by atoms with E-state index in [4.69, 9.17) is 27.9 Å². The number of rotatable bonds is 5. The summed E-state index contributed by atoms with van der Waals surface area (Å²) in [6, 6.07) is 13.2. The van der Waals surface area contributed by atoms with Crippen molar-refractivity contribution < 1.29 is 19.1 Å². The number of barbiturate groups is 1. The Hall–Kier alpha value is -2.40. The molecule has 6 nitrogen and oxygen atoms in total. The van der Waals surface area contributed by atoms with Crippen molar-refractivity contribution >= 4 is 91.3 Å². The van der Waals surface area contributed by atoms with Crippen LogP contribution in [-0.2, 0) is 16.2 Å². The number of imide groups is 2. The van der Waals surface area contributed by atoms with Gasteiger partial charge in [0.25, 0.3) is 11.8 Å². The topological polar surface area (TPSA) is 75.7 Å². The number of benzene rings is 3. The molecule has 0 aliphatic carbocycles. The van der Waals surface area contributed by atoms with Crippen LogP contribution in [0.5, 0.6) is 5.75 Å². The molecule has 0 spiro atoms. The molecule has 0 bridgehead atoms. The zero-order valence-electron chi connectivity index (χ0n) is 19.0. The molecule has 0 atom stereocenters. The van der Waals surface area contributed by atoms with Gasteiger partial charge in [-0.3, -0.25) is 14.9 Å². The summed E-state index contributed by atoms with van der Waals surface area (Å²) >= 11 is 17.7. The molecule has 3 aromatic carbocycles. The van der Waals surface area contributed by atoms with Crippen LogP contribution in [0.2, 0.25) is 10.0 Å². The Bertz CT molecular complexity index is 1430. The lowest BCUT2D eigenvalue weighted by molar-refractivity contribution is -0.122. The van der Waals surface area contributed by atoms with Gasteiger partial charge < -0.3 is 4.74 Å². The van der Waals surface area contributed by atoms with Crippen molar-refractivity contribution in [3.05, 3.63) is 94.4 Å². The fraction of sp³-hybridized carbons (Fsp3) is 0.115. The standard InChI is InChI=1S/C26H18BrCl2IN2O4/c1-13-3-5-17(7-14(13)2)32-25(34)18(24(33)31-26(32)35)8-16-9-19(27)23(22(30)11-16)36-12-15-4-6-20(28)21(29)10-15/h3-11H,12H2,1-2H3,(H,31,33,35)/b18-8+. The van der Waals surface area contributed by atoms with Crippen LogP contribution in [0.15, 0.2) is 58.6 Å². The number of hydrogen-bond acceptors (Lipinski definition) is 4. The first-order valence-electron chi connectivity index (χ1n) is 10.6. The molecule has 10 heteroatoms. The minimum absolute atomic E-state index is 0.153. The second-order valence-corrected chi connectivity index (χ2v) is 10.9. The summed E-state index contributed by atoms with van der Waals surface area (Å²) in [5.74, 6) is -0.857. The Morgan fingerprint density at radius 3 is 2.42 bits per heavy atom. The summed E-state index contributed by atoms with van der Waals surface area (Å²) in [6.45, 7) is 4.08. The molecule has 184 valence electrons. The number of carbonyl (C=O) groups excluding carboxylic acids is 3. The molecule has 1 N–H and O–H groups in total. The average molecular weight is 700 g/mol. The summed E-state index contributed by atoms with van der Waals surface area (Å²) in [7, 11) is 0. The Morgan fingerprint density at radius 1 is 1.00 bits per heavy atom. The van der Waals surface area contributed by atoms with Gasteiger partial charge in [0.2, 0.25) is 0 Å². The van der Waals surface area contributed by atoms with Gasteiger partial charge >= 0.3 is 6.03 Å². The molecule has 1 aliphatic rings. The summed E-state index contributed by atoms with van der Waals surface area (Å²) < 4.78 is 7.35. The second kappa shape index (κ2) is 10.9. The predicted octanol–water partition coefficient (Wildman–Crippen LogP) is 7.22. The molecule has 0 aromatic heterocycles. The van der Waals surface area contributed by atoms with E-state index in [9.17, 15) is 14.4 Å². The third kappa shape index (κ3) is 5.61. The molecule has 0 saturated carbocycles. The maximum Gasteiger partial charge on any atom is 0.335 e. The van der Waals surface area contributed by atoms with Crippen molar-refractivity contribution in [2.24, 2.45) is 0 Å². The van der Waals surface area contributed by atoms with E-state index in [1.54, 1.807) is 36.4 Å². The van der Waals surface area contributed by atoms with E-state index in [0.717, 1.165) is 25.2 Å². The highest BCUT2D eigenvalue weighted by atomic mass is 127. The third-order valence-electron chi connectivity index (χ3n) is 5.55. The number of ether oxygens (including phenoxy) is 1. The number of halogens is 4. The van der Waals surface area contributed by atoms with Gasteiger partial charge in [-0.1, -0.05) is 35.3 Å². The van der Waals surface area contributed by atoms with Crippen molar-refractivity contribution in [2.45, 2.75) is 20.5 Å². The highest BCUT2D eigenvalue weighted by molar-refractivity contribution is 14.1. The lowest BCUT2D eigenvalue weighted by Gasteiger charge is -2.27. The SMILES string of the molecule is Cc1ccc(N2C(=O)NC(=O)/C(=C\c3cc(Br)c(OCc4ccc(Cl)c(Cl)c4)c(I)c3)C2=O)cc1C. The van der Waals surface area contributed by atoms with Crippen molar-refractivity contribution in [3.63, 3.8) is 0 Å². The van der Waals surface area contributed by atoms with Gasteiger partial charge in [0.1, 0.15) is 17.9 Å². The van der Waals surface area contributed by atoms with E-state index in [-0.39, 0.29) is 12.2 Å². The van der Waals surface area contributed by atoms with Crippen LogP contribution in [0.1, 0.15) is 22.3 Å². The number of nitrogens with zero attached hydrogens (tertiary/aromatic N) is 1. The lowest BCUT2D eigenvalue weighted by Crippen LogP contribution is -2.54. The first-order valence-corrected chi connectivity index (χ1v) is 13.2. The smallest absolute Gasteiger partial charge is 0.335 e. The highest BCUT2D eigenvalue weighted by Gasteiger charge is 2.37. The van der Waals surface area contributed by atoms with Crippen molar-refractivity contribution in [1.29, 1.82) is 0 Å². The van der Waals surface area contributed by atoms with Gasteiger partial charge in [-0.15, -0.1) is 0 Å². The molecule has 4 rings (SSSR count). The fourth-order valence-corrected chi connectivity index (χ4v) is 5.60. The monoisotopic (exact) mass is 698 g/mol. The largest absolute Gasteiger partial charge is 0.487 e. The number of nitrogens with one attached hydrogen (secondary N) is 1. The molecular formula is C26H18BrCl2IN2O4. The average Bonchev–Trinajstić information content (AvgIpc) is 2.80. The number of urea groups is 1. The molecule has 0 unspecified atom stereocenters. The predicted molar refractivity (Wildman–Crippen MR) is 153 cm³/mol. The third-order valence-corrected chi connectivity index (χ3v) is 7.68. The van der Waals surface area contributed by atoms with Gasteiger partial charge in [0.15, 0.2) is 0 Å². The minimum Gasteiger partial charge on any atom is -0.487 e. The molecule has 1 aliphatic heterocycles. The van der Waals surface area contributed by atoms with E-state index < -0.39 is 17.8 Å². The van der Waals surface area contributed by atoms with Crippen LogP contribution in [-0.4, -0.2) is 17.8 Å². The van der Waals surface area contributed by atoms with Gasteiger partial charge in [-0.2, -0.15) is 0 Å². The van der Waals surface area contributed by atoms with Gasteiger partial charge in [-0.05, 0) is 117 Å². The molecule has 36 heavy (non-hydrogen) atoms. The molecule has 1 fully saturated rings. The first-order chi connectivity index (χ1) is 17.0. The van der Waals surface area contributed by atoms with E-state index in [2.05, 4.69) is 43.8 Å². The molecule has 3 aromatic rings. The summed E-state index contributed by atoms with van der Waals surface area (Å²) in [5.41, 5.74) is 3.61. The fourth-order valence-electron chi connectivity index (χ4n) is 3.51. The zero-order chi connectivity index (χ0) is 26.1. The van der Waals surface area contributed by atoms with Gasteiger partial charge in [0, 0.05) is 0 Å².